The molecule has 0 saturated heterocycles. The van der Waals surface area contributed by atoms with Gasteiger partial charge >= 0.3 is 0 Å². The Bertz CT molecular complexity index is 2030. The number of amides is 2. The van der Waals surface area contributed by atoms with Crippen molar-refractivity contribution < 1.29 is 54.8 Å². The van der Waals surface area contributed by atoms with Crippen LogP contribution in [0.3, 0.4) is 0 Å². The van der Waals surface area contributed by atoms with Gasteiger partial charge in [-0.1, -0.05) is 12.1 Å². The molecule has 16 nitrogen and oxygen atoms in total. The highest BCUT2D eigenvalue weighted by Gasteiger charge is 2.26. The second-order valence-corrected chi connectivity index (χ2v) is 16.4. The second-order valence-electron chi connectivity index (χ2n) is 12.6. The molecule has 0 unspecified atom stereocenters. The summed E-state index contributed by atoms with van der Waals surface area (Å²) in [6, 6.07) is 21.6. The number of carbonyl (C=O) groups is 2. The van der Waals surface area contributed by atoms with Crippen LogP contribution in [-0.4, -0.2) is 133 Å². The highest BCUT2D eigenvalue weighted by Crippen LogP contribution is 2.35. The summed E-state index contributed by atoms with van der Waals surface area (Å²) in [7, 11) is 1.17. The first-order valence-electron chi connectivity index (χ1n) is 18.0. The largest absolute Gasteiger partial charge is 0.495 e. The van der Waals surface area contributed by atoms with E-state index in [4.69, 9.17) is 28.4 Å². The van der Waals surface area contributed by atoms with Crippen molar-refractivity contribution in [2.24, 2.45) is 0 Å². The van der Waals surface area contributed by atoms with Crippen molar-refractivity contribution in [3.8, 4) is 22.6 Å². The summed E-state index contributed by atoms with van der Waals surface area (Å²) in [5, 5.41) is 5.64. The molecule has 18 heteroatoms. The molecule has 0 atom stereocenters. The van der Waals surface area contributed by atoms with E-state index >= 15 is 0 Å². The van der Waals surface area contributed by atoms with Gasteiger partial charge in [0.1, 0.15) is 11.5 Å². The normalized spacial score (nSPS) is 11.8. The highest BCUT2D eigenvalue weighted by atomic mass is 32.2. The van der Waals surface area contributed by atoms with Crippen molar-refractivity contribution in [1.29, 1.82) is 0 Å². The summed E-state index contributed by atoms with van der Waals surface area (Å²) < 4.78 is 87.0. The summed E-state index contributed by atoms with van der Waals surface area (Å²) in [6.45, 7) is 1.42. The number of nitrogens with zero attached hydrogens (tertiary/aromatic N) is 2. The summed E-state index contributed by atoms with van der Waals surface area (Å²) in [5.74, 6) is -0.233. The lowest BCUT2D eigenvalue weighted by Gasteiger charge is -2.21. The average Bonchev–Trinajstić information content (AvgIpc) is 3.23. The lowest BCUT2D eigenvalue weighted by molar-refractivity contribution is 0.101. The molecule has 4 aromatic rings. The number of benzene rings is 4. The molecule has 0 bridgehead atoms. The Kier molecular flexibility index (Phi) is 17.2. The van der Waals surface area contributed by atoms with Crippen LogP contribution in [0.4, 0.5) is 11.4 Å². The Balaban J connectivity index is 1.46. The lowest BCUT2D eigenvalue weighted by Crippen LogP contribution is -2.36. The number of methoxy groups -OCH3 is 6. The molecule has 314 valence electrons. The van der Waals surface area contributed by atoms with E-state index in [-0.39, 0.29) is 73.5 Å². The fourth-order valence-corrected chi connectivity index (χ4v) is 8.48. The van der Waals surface area contributed by atoms with Gasteiger partial charge in [-0.15, -0.1) is 0 Å². The Hall–Kier alpha value is -4.92. The maximum Gasteiger partial charge on any atom is 0.255 e. The molecule has 2 amide bonds. The fraction of sp³-hybridized carbons (Fsp3) is 0.350. The first kappa shape index (κ1) is 45.8. The first-order chi connectivity index (χ1) is 27.8. The maximum atomic E-state index is 13.3. The predicted octanol–water partition coefficient (Wildman–Crippen LogP) is 4.44. The van der Waals surface area contributed by atoms with Gasteiger partial charge in [-0.3, -0.25) is 9.59 Å². The minimum absolute atomic E-state index is 0.0290. The summed E-state index contributed by atoms with van der Waals surface area (Å²) in [5.41, 5.74) is 2.66. The minimum atomic E-state index is -3.86. The van der Waals surface area contributed by atoms with Crippen molar-refractivity contribution in [2.45, 2.75) is 9.79 Å². The third kappa shape index (κ3) is 11.6. The molecule has 0 aliphatic rings. The van der Waals surface area contributed by atoms with Crippen molar-refractivity contribution >= 4 is 43.2 Å². The van der Waals surface area contributed by atoms with Crippen molar-refractivity contribution in [3.63, 3.8) is 0 Å². The number of nitrogens with one attached hydrogen (secondary N) is 2. The number of hydrogen-bond donors (Lipinski definition) is 2. The second kappa shape index (κ2) is 21.7. The molecule has 0 aromatic heterocycles. The van der Waals surface area contributed by atoms with Gasteiger partial charge in [0, 0.05) is 65.7 Å². The quantitative estimate of drug-likeness (QED) is 0.107. The van der Waals surface area contributed by atoms with E-state index in [9.17, 15) is 26.4 Å². The van der Waals surface area contributed by atoms with Crippen LogP contribution in [0, 0.1) is 0 Å². The zero-order valence-corrected chi connectivity index (χ0v) is 35.0. The lowest BCUT2D eigenvalue weighted by atomic mass is 10.0. The average molecular weight is 843 g/mol. The molecule has 0 aliphatic heterocycles. The molecule has 0 fully saturated rings. The van der Waals surface area contributed by atoms with Crippen LogP contribution >= 0.6 is 0 Å². The van der Waals surface area contributed by atoms with E-state index in [0.29, 0.717) is 34.0 Å². The summed E-state index contributed by atoms with van der Waals surface area (Å²) in [6.07, 6.45) is 0. The number of rotatable bonds is 23. The molecule has 4 rings (SSSR count). The smallest absolute Gasteiger partial charge is 0.255 e. The van der Waals surface area contributed by atoms with E-state index in [0.717, 1.165) is 0 Å². The van der Waals surface area contributed by atoms with Gasteiger partial charge < -0.3 is 39.1 Å². The molecular formula is C40H50N4O12S2. The number of ether oxygens (including phenoxy) is 6. The number of sulfonamides is 2. The third-order valence-electron chi connectivity index (χ3n) is 8.92. The molecule has 0 radical (unpaired) electrons. The SMILES string of the molecule is COCCN(CCOC)S(=O)(=O)c1ccc(C(=O)Nc2ccc(-c3ccc(NC(=O)c4ccc(S(=O)(=O)N(CCOC)CCOC)cc4)c(OC)c3)cc2OC)cc1. The number of carbonyl (C=O) groups excluding carboxylic acids is 2. The standard InChI is InChI=1S/C40H50N4O12S2/c1-51-23-19-43(20-24-52-2)57(47,48)33-13-7-29(8-14-33)39(45)41-35-17-11-31(27-37(35)55-5)32-12-18-36(38(28-32)56-6)42-40(46)30-9-15-34(16-10-30)58(49,50)44(21-25-53-3)22-26-54-4/h7-18,27-28H,19-26H2,1-6H3,(H,41,45)(H,42,46). The summed E-state index contributed by atoms with van der Waals surface area (Å²) >= 11 is 0. The number of anilines is 2. The van der Waals surface area contributed by atoms with Crippen LogP contribution in [0.1, 0.15) is 20.7 Å². The van der Waals surface area contributed by atoms with Gasteiger partial charge in [0.05, 0.1) is 61.8 Å². The molecule has 2 N–H and O–H groups in total. The van der Waals surface area contributed by atoms with Crippen molar-refractivity contribution in [3.05, 3.63) is 96.1 Å². The van der Waals surface area contributed by atoms with Gasteiger partial charge in [0.25, 0.3) is 11.8 Å². The fourth-order valence-electron chi connectivity index (χ4n) is 5.67. The molecule has 4 aromatic carbocycles. The Labute approximate surface area is 340 Å². The van der Waals surface area contributed by atoms with Gasteiger partial charge in [-0.05, 0) is 83.9 Å². The Morgan fingerprint density at radius 3 is 1.07 bits per heavy atom. The van der Waals surface area contributed by atoms with E-state index in [1.807, 2.05) is 0 Å². The maximum absolute atomic E-state index is 13.3. The van der Waals surface area contributed by atoms with Gasteiger partial charge in [-0.25, -0.2) is 16.8 Å². The predicted molar refractivity (Wildman–Crippen MR) is 219 cm³/mol. The van der Waals surface area contributed by atoms with E-state index in [1.165, 1.54) is 99.8 Å². The zero-order chi connectivity index (χ0) is 42.3. The van der Waals surface area contributed by atoms with Gasteiger partial charge in [-0.2, -0.15) is 8.61 Å². The monoisotopic (exact) mass is 842 g/mol. The summed E-state index contributed by atoms with van der Waals surface area (Å²) in [4.78, 5) is 26.5. The van der Waals surface area contributed by atoms with Gasteiger partial charge in [0.2, 0.25) is 20.0 Å². The van der Waals surface area contributed by atoms with Crippen LogP contribution in [0.25, 0.3) is 11.1 Å². The van der Waals surface area contributed by atoms with Crippen LogP contribution in [0.2, 0.25) is 0 Å². The molecular weight excluding hydrogens is 793 g/mol. The van der Waals surface area contributed by atoms with Crippen LogP contribution < -0.4 is 20.1 Å². The molecule has 0 aliphatic carbocycles. The zero-order valence-electron chi connectivity index (χ0n) is 33.3. The topological polar surface area (TPSA) is 188 Å². The molecule has 58 heavy (non-hydrogen) atoms. The highest BCUT2D eigenvalue weighted by molar-refractivity contribution is 7.89. The first-order valence-corrected chi connectivity index (χ1v) is 20.9. The molecule has 0 saturated carbocycles. The van der Waals surface area contributed by atoms with E-state index in [1.54, 1.807) is 36.4 Å². The Morgan fingerprint density at radius 1 is 0.483 bits per heavy atom. The van der Waals surface area contributed by atoms with E-state index < -0.39 is 31.9 Å². The van der Waals surface area contributed by atoms with Crippen LogP contribution in [0.15, 0.2) is 94.7 Å². The van der Waals surface area contributed by atoms with Crippen LogP contribution in [0.5, 0.6) is 11.5 Å². The molecule has 0 spiro atoms. The third-order valence-corrected chi connectivity index (χ3v) is 12.7. The van der Waals surface area contributed by atoms with Crippen molar-refractivity contribution in [2.75, 3.05) is 106 Å². The van der Waals surface area contributed by atoms with Crippen LogP contribution in [-0.2, 0) is 39.0 Å². The minimum Gasteiger partial charge on any atom is -0.495 e. The number of hydrogen-bond acceptors (Lipinski definition) is 12. The molecule has 0 heterocycles. The van der Waals surface area contributed by atoms with Gasteiger partial charge in [0.15, 0.2) is 0 Å². The Morgan fingerprint density at radius 2 is 0.793 bits per heavy atom. The van der Waals surface area contributed by atoms with Crippen molar-refractivity contribution in [1.82, 2.24) is 8.61 Å². The van der Waals surface area contributed by atoms with E-state index in [2.05, 4.69) is 10.6 Å².